The zero-order valence-electron chi connectivity index (χ0n) is 4.93. The molecule has 43 valence electrons. The Morgan fingerprint density at radius 2 is 1.62 bits per heavy atom. The molecule has 0 atom stereocenters. The monoisotopic (exact) mass is 276 g/mol. The average Bonchev–Trinajstić information content (AvgIpc) is 1.68. The predicted molar refractivity (Wildman–Crippen MR) is 32.0 cm³/mol. The minimum atomic E-state index is 0.998. The van der Waals surface area contributed by atoms with Crippen LogP contribution in [0.25, 0.3) is 0 Å². The van der Waals surface area contributed by atoms with Gasteiger partial charge in [-0.05, 0) is 0 Å². The molecule has 0 aliphatic heterocycles. The van der Waals surface area contributed by atoms with Crippen LogP contribution in [0.15, 0.2) is 25.3 Å². The van der Waals surface area contributed by atoms with E-state index in [0.29, 0.717) is 0 Å². The van der Waals surface area contributed by atoms with Gasteiger partial charge in [0, 0.05) is 0 Å². The standard InChI is InChI=1S/C6H10N.Hf/c1-3-5-7-6-4-2;/h3-4H,1-2,5-6H2;/q-1;+1. The SMILES string of the molecule is C=CC[N]([Hf])CC=C. The Kier molecular flexibility index (Phi) is 5.66. The molecule has 0 spiro atoms. The fraction of sp³-hybridized carbons (Fsp3) is 0.333. The van der Waals surface area contributed by atoms with Crippen molar-refractivity contribution in [2.45, 2.75) is 0 Å². The van der Waals surface area contributed by atoms with Crippen molar-refractivity contribution in [2.75, 3.05) is 13.1 Å². The molecule has 0 fully saturated rings. The molecule has 0 saturated heterocycles. The maximum atomic E-state index is 3.63. The van der Waals surface area contributed by atoms with Gasteiger partial charge in [-0.1, -0.05) is 0 Å². The van der Waals surface area contributed by atoms with Gasteiger partial charge in [-0.2, -0.15) is 0 Å². The summed E-state index contributed by atoms with van der Waals surface area (Å²) in [7, 11) is 0. The van der Waals surface area contributed by atoms with Crippen molar-refractivity contribution < 1.29 is 24.7 Å². The first-order valence-corrected chi connectivity index (χ1v) is 4.10. The Hall–Kier alpha value is 0.310. The van der Waals surface area contributed by atoms with Crippen LogP contribution in [-0.2, 0) is 24.7 Å². The Balaban J connectivity index is 3.16. The van der Waals surface area contributed by atoms with E-state index in [4.69, 9.17) is 0 Å². The molecule has 0 saturated carbocycles. The normalized spacial score (nSPS) is 9.00. The minimum absolute atomic E-state index is 0.998. The van der Waals surface area contributed by atoms with Crippen LogP contribution >= 0.6 is 0 Å². The molecule has 0 aromatic carbocycles. The zero-order chi connectivity index (χ0) is 6.41. The Bertz CT molecular complexity index is 70.6. The van der Waals surface area contributed by atoms with Crippen LogP contribution in [-0.4, -0.2) is 16.0 Å². The molecular weight excluding hydrogens is 265 g/mol. The van der Waals surface area contributed by atoms with E-state index in [2.05, 4.69) is 16.0 Å². The topological polar surface area (TPSA) is 3.24 Å². The molecule has 1 nitrogen and oxygen atoms in total. The second-order valence-electron chi connectivity index (χ2n) is 1.48. The summed E-state index contributed by atoms with van der Waals surface area (Å²) >= 11 is 1.10. The zero-order valence-corrected chi connectivity index (χ0v) is 8.52. The molecule has 0 rings (SSSR count). The quantitative estimate of drug-likeness (QED) is 0.549. The second kappa shape index (κ2) is 5.45. The van der Waals surface area contributed by atoms with Gasteiger partial charge in [0.05, 0.1) is 0 Å². The molecule has 0 aliphatic rings. The summed E-state index contributed by atoms with van der Waals surface area (Å²) in [6.07, 6.45) is 3.83. The van der Waals surface area contributed by atoms with Gasteiger partial charge in [0.2, 0.25) is 0 Å². The van der Waals surface area contributed by atoms with E-state index in [1.807, 2.05) is 12.2 Å². The first-order valence-electron chi connectivity index (χ1n) is 2.49. The molecule has 8 heavy (non-hydrogen) atoms. The molecule has 0 aliphatic carbocycles. The van der Waals surface area contributed by atoms with Gasteiger partial charge in [-0.3, -0.25) is 0 Å². The second-order valence-corrected chi connectivity index (χ2v) is 3.75. The first kappa shape index (κ1) is 8.31. The van der Waals surface area contributed by atoms with E-state index in [-0.39, 0.29) is 0 Å². The van der Waals surface area contributed by atoms with Crippen molar-refractivity contribution in [3.63, 3.8) is 0 Å². The molecule has 0 bridgehead atoms. The van der Waals surface area contributed by atoms with Crippen molar-refractivity contribution in [3.05, 3.63) is 25.3 Å². The summed E-state index contributed by atoms with van der Waals surface area (Å²) in [5.41, 5.74) is 0. The third-order valence-electron chi connectivity index (χ3n) is 0.699. The number of hydrogen-bond acceptors (Lipinski definition) is 1. The van der Waals surface area contributed by atoms with Gasteiger partial charge < -0.3 is 0 Å². The molecule has 0 heterocycles. The van der Waals surface area contributed by atoms with Crippen molar-refractivity contribution in [3.8, 4) is 0 Å². The third kappa shape index (κ3) is 4.47. The summed E-state index contributed by atoms with van der Waals surface area (Å²) in [6.45, 7) is 9.25. The van der Waals surface area contributed by atoms with Gasteiger partial charge in [0.25, 0.3) is 0 Å². The Labute approximate surface area is 66.0 Å². The summed E-state index contributed by atoms with van der Waals surface area (Å²) in [6, 6.07) is 0. The summed E-state index contributed by atoms with van der Waals surface area (Å²) in [5, 5.41) is 0. The molecule has 0 amide bonds. The number of nitrogens with zero attached hydrogens (tertiary/aromatic N) is 1. The molecule has 0 aromatic heterocycles. The third-order valence-corrected chi connectivity index (χ3v) is 2.01. The number of rotatable bonds is 4. The van der Waals surface area contributed by atoms with Crippen LogP contribution < -0.4 is 0 Å². The molecule has 0 N–H and O–H groups in total. The van der Waals surface area contributed by atoms with Gasteiger partial charge in [-0.15, -0.1) is 0 Å². The van der Waals surface area contributed by atoms with E-state index in [1.54, 1.807) is 0 Å². The molecule has 0 radical (unpaired) electrons. The van der Waals surface area contributed by atoms with Gasteiger partial charge in [-0.25, -0.2) is 0 Å². The van der Waals surface area contributed by atoms with Crippen molar-refractivity contribution in [2.24, 2.45) is 0 Å². The van der Waals surface area contributed by atoms with Gasteiger partial charge in [0.1, 0.15) is 0 Å². The van der Waals surface area contributed by atoms with Crippen LogP contribution in [0.4, 0.5) is 0 Å². The van der Waals surface area contributed by atoms with E-state index < -0.39 is 0 Å². The molecule has 0 unspecified atom stereocenters. The maximum absolute atomic E-state index is 3.63. The molecule has 2 heteroatoms. The Morgan fingerprint density at radius 3 is 1.88 bits per heavy atom. The molecular formula is C6H10HfN. The fourth-order valence-corrected chi connectivity index (χ4v) is 1.31. The molecule has 0 aromatic rings. The van der Waals surface area contributed by atoms with Crippen LogP contribution in [0, 0.1) is 0 Å². The summed E-state index contributed by atoms with van der Waals surface area (Å²) in [4.78, 5) is 0. The van der Waals surface area contributed by atoms with E-state index >= 15 is 0 Å². The van der Waals surface area contributed by atoms with Crippen molar-refractivity contribution in [1.29, 1.82) is 0 Å². The Morgan fingerprint density at radius 1 is 1.25 bits per heavy atom. The fourth-order valence-electron chi connectivity index (χ4n) is 0.386. The van der Waals surface area contributed by atoms with Gasteiger partial charge in [0.15, 0.2) is 0 Å². The first-order chi connectivity index (χ1) is 3.81. The predicted octanol–water partition coefficient (Wildman–Crippen LogP) is 1.12. The number of hydrogen-bond donors (Lipinski definition) is 0. The van der Waals surface area contributed by atoms with E-state index in [1.165, 1.54) is 0 Å². The van der Waals surface area contributed by atoms with Crippen LogP contribution in [0.5, 0.6) is 0 Å². The van der Waals surface area contributed by atoms with Crippen LogP contribution in [0.2, 0.25) is 0 Å². The van der Waals surface area contributed by atoms with Crippen molar-refractivity contribution >= 4 is 0 Å². The van der Waals surface area contributed by atoms with Crippen LogP contribution in [0.1, 0.15) is 0 Å². The van der Waals surface area contributed by atoms with E-state index in [0.717, 1.165) is 37.8 Å². The summed E-state index contributed by atoms with van der Waals surface area (Å²) < 4.78 is 2.26. The van der Waals surface area contributed by atoms with E-state index in [9.17, 15) is 0 Å². The summed E-state index contributed by atoms with van der Waals surface area (Å²) in [5.74, 6) is 0. The van der Waals surface area contributed by atoms with Crippen LogP contribution in [0.3, 0.4) is 0 Å². The van der Waals surface area contributed by atoms with Crippen molar-refractivity contribution in [1.82, 2.24) is 2.89 Å². The van der Waals surface area contributed by atoms with Gasteiger partial charge >= 0.3 is 65.9 Å². The average molecular weight is 275 g/mol.